The van der Waals surface area contributed by atoms with Crippen molar-refractivity contribution in [2.24, 2.45) is 11.1 Å². The molecule has 0 radical (unpaired) electrons. The minimum atomic E-state index is -3.54. The average molecular weight is 317 g/mol. The summed E-state index contributed by atoms with van der Waals surface area (Å²) in [5.41, 5.74) is 0.333. The second-order valence-corrected chi connectivity index (χ2v) is 6.26. The van der Waals surface area contributed by atoms with Crippen molar-refractivity contribution in [2.45, 2.75) is 6.92 Å². The Bertz CT molecular complexity index is 599. The standard InChI is InChI=1S/C13H19NO6S/c1-9(8-21(14,16)17)7-20-11-5-4-10(13(15)19-3)6-12(11)18-2/h4-6,9H,7-8H2,1-3H3,(H2,14,16,17). The fraction of sp³-hybridized carbons (Fsp3) is 0.462. The molecule has 0 saturated heterocycles. The van der Waals surface area contributed by atoms with Gasteiger partial charge in [0.05, 0.1) is 32.1 Å². The number of methoxy groups -OCH3 is 2. The van der Waals surface area contributed by atoms with Crippen LogP contribution < -0.4 is 14.6 Å². The molecule has 2 N–H and O–H groups in total. The SMILES string of the molecule is COC(=O)c1ccc(OCC(C)CS(N)(=O)=O)c(OC)c1. The number of sulfonamides is 1. The van der Waals surface area contributed by atoms with Crippen molar-refractivity contribution < 1.29 is 27.4 Å². The summed E-state index contributed by atoms with van der Waals surface area (Å²) in [6.45, 7) is 1.87. The molecule has 0 bridgehead atoms. The van der Waals surface area contributed by atoms with E-state index in [1.165, 1.54) is 26.4 Å². The molecular formula is C13H19NO6S. The fourth-order valence-electron chi connectivity index (χ4n) is 1.71. The first-order valence-electron chi connectivity index (χ1n) is 6.16. The Morgan fingerprint density at radius 3 is 2.48 bits per heavy atom. The van der Waals surface area contributed by atoms with Crippen molar-refractivity contribution in [3.8, 4) is 11.5 Å². The van der Waals surface area contributed by atoms with Crippen LogP contribution in [0, 0.1) is 5.92 Å². The smallest absolute Gasteiger partial charge is 0.337 e. The zero-order valence-corrected chi connectivity index (χ0v) is 13.0. The highest BCUT2D eigenvalue weighted by molar-refractivity contribution is 7.89. The summed E-state index contributed by atoms with van der Waals surface area (Å²) in [7, 11) is -0.810. The van der Waals surface area contributed by atoms with Gasteiger partial charge in [0, 0.05) is 5.92 Å². The van der Waals surface area contributed by atoms with Crippen molar-refractivity contribution in [1.29, 1.82) is 0 Å². The second kappa shape index (κ2) is 7.28. The molecule has 0 spiro atoms. The molecule has 0 saturated carbocycles. The van der Waals surface area contributed by atoms with Gasteiger partial charge in [-0.25, -0.2) is 18.4 Å². The van der Waals surface area contributed by atoms with Crippen molar-refractivity contribution in [3.05, 3.63) is 23.8 Å². The highest BCUT2D eigenvalue weighted by Gasteiger charge is 2.15. The van der Waals surface area contributed by atoms with E-state index < -0.39 is 16.0 Å². The number of nitrogens with two attached hydrogens (primary N) is 1. The lowest BCUT2D eigenvalue weighted by Gasteiger charge is -2.14. The molecule has 0 amide bonds. The second-order valence-electron chi connectivity index (χ2n) is 4.60. The first-order valence-corrected chi connectivity index (χ1v) is 7.88. The Labute approximate surface area is 124 Å². The molecule has 8 heteroatoms. The predicted molar refractivity (Wildman–Crippen MR) is 77.0 cm³/mol. The van der Waals surface area contributed by atoms with Gasteiger partial charge in [-0.05, 0) is 18.2 Å². The van der Waals surface area contributed by atoms with Gasteiger partial charge in [0.25, 0.3) is 0 Å². The molecule has 0 aliphatic heterocycles. The van der Waals surface area contributed by atoms with Gasteiger partial charge in [0.15, 0.2) is 11.5 Å². The average Bonchev–Trinajstić information content (AvgIpc) is 2.42. The lowest BCUT2D eigenvalue weighted by molar-refractivity contribution is 0.0600. The zero-order valence-electron chi connectivity index (χ0n) is 12.2. The van der Waals surface area contributed by atoms with E-state index in [0.29, 0.717) is 17.1 Å². The molecule has 1 aromatic rings. The maximum Gasteiger partial charge on any atom is 0.337 e. The molecular weight excluding hydrogens is 298 g/mol. The van der Waals surface area contributed by atoms with Crippen LogP contribution >= 0.6 is 0 Å². The number of hydrogen-bond donors (Lipinski definition) is 1. The Morgan fingerprint density at radius 2 is 1.95 bits per heavy atom. The Morgan fingerprint density at radius 1 is 1.29 bits per heavy atom. The van der Waals surface area contributed by atoms with Crippen molar-refractivity contribution >= 4 is 16.0 Å². The number of hydrogen-bond acceptors (Lipinski definition) is 6. The van der Waals surface area contributed by atoms with Crippen LogP contribution in [-0.2, 0) is 14.8 Å². The van der Waals surface area contributed by atoms with Gasteiger partial charge >= 0.3 is 5.97 Å². The molecule has 21 heavy (non-hydrogen) atoms. The minimum absolute atomic E-state index is 0.157. The number of ether oxygens (including phenoxy) is 3. The Balaban J connectivity index is 2.77. The largest absolute Gasteiger partial charge is 0.493 e. The van der Waals surface area contributed by atoms with Gasteiger partial charge in [-0.15, -0.1) is 0 Å². The molecule has 0 fully saturated rings. The monoisotopic (exact) mass is 317 g/mol. The van der Waals surface area contributed by atoms with Gasteiger partial charge in [-0.1, -0.05) is 6.92 Å². The minimum Gasteiger partial charge on any atom is -0.493 e. The van der Waals surface area contributed by atoms with Crippen LogP contribution in [0.1, 0.15) is 17.3 Å². The van der Waals surface area contributed by atoms with Gasteiger partial charge in [0.1, 0.15) is 0 Å². The molecule has 1 atom stereocenters. The van der Waals surface area contributed by atoms with E-state index in [1.807, 2.05) is 0 Å². The fourth-order valence-corrected chi connectivity index (χ4v) is 2.60. The first kappa shape index (κ1) is 17.3. The number of primary sulfonamides is 1. The van der Waals surface area contributed by atoms with Crippen LogP contribution in [-0.4, -0.2) is 41.0 Å². The van der Waals surface area contributed by atoms with E-state index in [-0.39, 0.29) is 18.3 Å². The highest BCUT2D eigenvalue weighted by Crippen LogP contribution is 2.28. The number of rotatable bonds is 7. The van der Waals surface area contributed by atoms with Crippen LogP contribution in [0.2, 0.25) is 0 Å². The number of benzene rings is 1. The molecule has 7 nitrogen and oxygen atoms in total. The Hall–Kier alpha value is -1.80. The lowest BCUT2D eigenvalue weighted by atomic mass is 10.2. The third-order valence-electron chi connectivity index (χ3n) is 2.62. The summed E-state index contributed by atoms with van der Waals surface area (Å²) in [4.78, 5) is 11.4. The number of esters is 1. The number of carbonyl (C=O) groups excluding carboxylic acids is 1. The topological polar surface area (TPSA) is 105 Å². The van der Waals surface area contributed by atoms with E-state index in [2.05, 4.69) is 4.74 Å². The van der Waals surface area contributed by atoms with Crippen LogP contribution in [0.15, 0.2) is 18.2 Å². The predicted octanol–water partition coefficient (Wildman–Crippen LogP) is 0.785. The lowest BCUT2D eigenvalue weighted by Crippen LogP contribution is -2.25. The summed E-state index contributed by atoms with van der Waals surface area (Å²) in [5.74, 6) is -0.158. The van der Waals surface area contributed by atoms with E-state index in [1.54, 1.807) is 13.0 Å². The quantitative estimate of drug-likeness (QED) is 0.745. The summed E-state index contributed by atoms with van der Waals surface area (Å²) in [5, 5.41) is 4.97. The maximum atomic E-state index is 11.4. The summed E-state index contributed by atoms with van der Waals surface area (Å²) in [6.07, 6.45) is 0. The third kappa shape index (κ3) is 5.60. The van der Waals surface area contributed by atoms with Gasteiger partial charge in [0.2, 0.25) is 10.0 Å². The van der Waals surface area contributed by atoms with Crippen molar-refractivity contribution in [2.75, 3.05) is 26.6 Å². The summed E-state index contributed by atoms with van der Waals surface area (Å²) >= 11 is 0. The maximum absolute atomic E-state index is 11.4. The van der Waals surface area contributed by atoms with Crippen LogP contribution in [0.25, 0.3) is 0 Å². The summed E-state index contributed by atoms with van der Waals surface area (Å²) in [6, 6.07) is 4.59. The normalized spacial score (nSPS) is 12.6. The van der Waals surface area contributed by atoms with Crippen LogP contribution in [0.5, 0.6) is 11.5 Å². The molecule has 1 aromatic carbocycles. The van der Waals surface area contributed by atoms with E-state index >= 15 is 0 Å². The van der Waals surface area contributed by atoms with Gasteiger partial charge < -0.3 is 14.2 Å². The zero-order chi connectivity index (χ0) is 16.0. The third-order valence-corrected chi connectivity index (χ3v) is 3.66. The molecule has 0 aliphatic carbocycles. The van der Waals surface area contributed by atoms with Gasteiger partial charge in [-0.3, -0.25) is 0 Å². The van der Waals surface area contributed by atoms with Crippen molar-refractivity contribution in [3.63, 3.8) is 0 Å². The summed E-state index contributed by atoms with van der Waals surface area (Å²) < 4.78 is 37.2. The Kier molecular flexibility index (Phi) is 5.98. The molecule has 1 rings (SSSR count). The molecule has 0 aromatic heterocycles. The van der Waals surface area contributed by atoms with E-state index in [0.717, 1.165) is 0 Å². The molecule has 0 heterocycles. The molecule has 0 aliphatic rings. The molecule has 118 valence electrons. The van der Waals surface area contributed by atoms with E-state index in [4.69, 9.17) is 14.6 Å². The van der Waals surface area contributed by atoms with Crippen molar-refractivity contribution in [1.82, 2.24) is 0 Å². The van der Waals surface area contributed by atoms with Crippen LogP contribution in [0.4, 0.5) is 0 Å². The van der Waals surface area contributed by atoms with Crippen LogP contribution in [0.3, 0.4) is 0 Å². The number of carbonyl (C=O) groups is 1. The first-order chi connectivity index (χ1) is 9.76. The highest BCUT2D eigenvalue weighted by atomic mass is 32.2. The van der Waals surface area contributed by atoms with E-state index in [9.17, 15) is 13.2 Å². The van der Waals surface area contributed by atoms with Gasteiger partial charge in [-0.2, -0.15) is 0 Å². The molecule has 1 unspecified atom stereocenters.